The van der Waals surface area contributed by atoms with Gasteiger partial charge in [-0.3, -0.25) is 8.97 Å². The van der Waals surface area contributed by atoms with E-state index in [1.54, 1.807) is 0 Å². The number of rotatable bonds is 14. The van der Waals surface area contributed by atoms with Gasteiger partial charge in [-0.25, -0.2) is 0 Å². The number of hydrogen-bond donors (Lipinski definition) is 0. The molecule has 0 spiro atoms. The lowest BCUT2D eigenvalue weighted by Gasteiger charge is -2.39. The number of nitrogens with zero attached hydrogens (tertiary/aromatic N) is 2. The molecule has 7 heteroatoms. The molecule has 0 aliphatic rings. The first-order valence-electron chi connectivity index (χ1n) is 13.2. The zero-order valence-corrected chi connectivity index (χ0v) is 27.2. The fourth-order valence-corrected chi connectivity index (χ4v) is 19.2. The van der Waals surface area contributed by atoms with Gasteiger partial charge < -0.3 is 8.23 Å². The molecular weight excluding hydrogens is 481 g/mol. The SMILES string of the molecule is C[N+](C)(CCC[Si](C)(C)O[Si](C)(C)O[Si](C)(C)CCC[N+](C)(C)c1ccccc1)c1ccccc1. The Labute approximate surface area is 219 Å². The number of para-hydroxylation sites is 2. The van der Waals surface area contributed by atoms with Crippen LogP contribution in [0.15, 0.2) is 60.7 Å². The van der Waals surface area contributed by atoms with Gasteiger partial charge in [-0.1, -0.05) is 36.4 Å². The van der Waals surface area contributed by atoms with Gasteiger partial charge in [0, 0.05) is 0 Å². The van der Waals surface area contributed by atoms with Gasteiger partial charge in [-0.05, 0) is 88.5 Å². The monoisotopic (exact) mass is 532 g/mol. The van der Waals surface area contributed by atoms with Crippen LogP contribution >= 0.6 is 0 Å². The number of benzene rings is 2. The van der Waals surface area contributed by atoms with Crippen LogP contribution in [-0.4, -0.2) is 66.5 Å². The normalized spacial score (nSPS) is 13.8. The third-order valence-corrected chi connectivity index (χ3v) is 18.4. The van der Waals surface area contributed by atoms with Crippen LogP contribution in [0.5, 0.6) is 0 Å². The largest absolute Gasteiger partial charge is 0.437 e. The number of quaternary nitrogens is 2. The zero-order valence-electron chi connectivity index (χ0n) is 24.2. The molecule has 0 saturated carbocycles. The van der Waals surface area contributed by atoms with Gasteiger partial charge in [-0.15, -0.1) is 0 Å². The molecule has 0 aliphatic heterocycles. The van der Waals surface area contributed by atoms with Gasteiger partial charge in [0.1, 0.15) is 11.4 Å². The molecule has 0 atom stereocenters. The highest BCUT2D eigenvalue weighted by atomic mass is 28.5. The minimum Gasteiger partial charge on any atom is -0.437 e. The summed E-state index contributed by atoms with van der Waals surface area (Å²) in [6.07, 6.45) is 2.36. The molecule has 0 unspecified atom stereocenters. The molecule has 0 heterocycles. The van der Waals surface area contributed by atoms with Crippen LogP contribution in [-0.2, 0) is 8.23 Å². The summed E-state index contributed by atoms with van der Waals surface area (Å²) in [4.78, 5) is 0. The Morgan fingerprint density at radius 3 is 1.17 bits per heavy atom. The molecule has 0 N–H and O–H groups in total. The molecule has 0 radical (unpaired) electrons. The molecule has 2 aromatic carbocycles. The lowest BCUT2D eigenvalue weighted by molar-refractivity contribution is 0.370. The highest BCUT2D eigenvalue weighted by Crippen LogP contribution is 2.28. The molecule has 0 fully saturated rings. The Kier molecular flexibility index (Phi) is 10.3. The van der Waals surface area contributed by atoms with Gasteiger partial charge in [0.15, 0.2) is 16.6 Å². The fraction of sp³-hybridized carbons (Fsp3) is 0.571. The lowest BCUT2D eigenvalue weighted by atomic mass is 10.2. The van der Waals surface area contributed by atoms with Crippen LogP contribution in [0.25, 0.3) is 0 Å². The van der Waals surface area contributed by atoms with Crippen molar-refractivity contribution in [3.8, 4) is 0 Å². The molecule has 2 aromatic rings. The van der Waals surface area contributed by atoms with Crippen molar-refractivity contribution < 1.29 is 8.23 Å². The van der Waals surface area contributed by atoms with Crippen molar-refractivity contribution >= 4 is 36.6 Å². The molecule has 0 aliphatic carbocycles. The summed E-state index contributed by atoms with van der Waals surface area (Å²) < 4.78 is 15.6. The first kappa shape index (κ1) is 30.2. The Balaban J connectivity index is 1.84. The molecule has 4 nitrogen and oxygen atoms in total. The predicted octanol–water partition coefficient (Wildman–Crippen LogP) is 7.45. The summed E-state index contributed by atoms with van der Waals surface area (Å²) in [5.41, 5.74) is 2.74. The Morgan fingerprint density at radius 1 is 0.543 bits per heavy atom. The molecule has 2 rings (SSSR count). The maximum Gasteiger partial charge on any atom is 0.311 e. The van der Waals surface area contributed by atoms with E-state index in [9.17, 15) is 0 Å². The fourth-order valence-electron chi connectivity index (χ4n) is 5.18. The van der Waals surface area contributed by atoms with Crippen molar-refractivity contribution in [1.29, 1.82) is 0 Å². The highest BCUT2D eigenvalue weighted by molar-refractivity contribution is 6.87. The molecule has 0 bridgehead atoms. The van der Waals surface area contributed by atoms with Crippen molar-refractivity contribution in [2.24, 2.45) is 0 Å². The lowest BCUT2D eigenvalue weighted by Crippen LogP contribution is -2.53. The molecule has 35 heavy (non-hydrogen) atoms. The van der Waals surface area contributed by atoms with E-state index in [1.807, 2.05) is 0 Å². The molecule has 196 valence electrons. The quantitative estimate of drug-likeness (QED) is 0.186. The zero-order chi connectivity index (χ0) is 26.4. The van der Waals surface area contributed by atoms with Crippen LogP contribution in [0.2, 0.25) is 51.4 Å². The Bertz CT molecular complexity index is 827. The van der Waals surface area contributed by atoms with Gasteiger partial charge in [-0.2, -0.15) is 0 Å². The van der Waals surface area contributed by atoms with Crippen molar-refractivity contribution in [2.75, 3.05) is 41.3 Å². The summed E-state index contributed by atoms with van der Waals surface area (Å²) >= 11 is 0. The van der Waals surface area contributed by atoms with Gasteiger partial charge >= 0.3 is 8.56 Å². The van der Waals surface area contributed by atoms with E-state index in [4.69, 9.17) is 8.23 Å². The van der Waals surface area contributed by atoms with E-state index in [1.165, 1.54) is 36.3 Å². The average molecular weight is 533 g/mol. The van der Waals surface area contributed by atoms with E-state index < -0.39 is 25.2 Å². The first-order valence-corrected chi connectivity index (χ1v) is 22.3. The molecule has 0 saturated heterocycles. The maximum absolute atomic E-state index is 6.88. The smallest absolute Gasteiger partial charge is 0.311 e. The van der Waals surface area contributed by atoms with E-state index in [2.05, 4.69) is 128 Å². The van der Waals surface area contributed by atoms with Crippen LogP contribution in [0.3, 0.4) is 0 Å². The van der Waals surface area contributed by atoms with Crippen LogP contribution in [0.4, 0.5) is 11.4 Å². The highest BCUT2D eigenvalue weighted by Gasteiger charge is 2.39. The Morgan fingerprint density at radius 2 is 0.857 bits per heavy atom. The van der Waals surface area contributed by atoms with Crippen LogP contribution < -0.4 is 8.97 Å². The van der Waals surface area contributed by atoms with Crippen LogP contribution in [0, 0.1) is 0 Å². The molecule has 0 aromatic heterocycles. The first-order chi connectivity index (χ1) is 16.0. The van der Waals surface area contributed by atoms with Crippen LogP contribution in [0.1, 0.15) is 12.8 Å². The van der Waals surface area contributed by atoms with Gasteiger partial charge in [0.05, 0.1) is 41.3 Å². The standard InChI is InChI=1S/C28H52N2O2Si3/c1-29(2,27-19-13-11-14-20-27)23-17-25-33(5,6)31-35(9,10)32-34(7,8)26-18-24-30(3,4)28-21-15-12-16-22-28/h11-16,19-22H,17-18,23-26H2,1-10H3/q+2. The van der Waals surface area contributed by atoms with E-state index in [0.29, 0.717) is 0 Å². The van der Waals surface area contributed by atoms with E-state index >= 15 is 0 Å². The molecular formula is C28H52N2O2Si3+2. The summed E-state index contributed by atoms with van der Waals surface area (Å²) in [5.74, 6) is 0. The molecule has 0 amide bonds. The van der Waals surface area contributed by atoms with Crippen molar-refractivity contribution in [3.63, 3.8) is 0 Å². The maximum atomic E-state index is 6.88. The minimum atomic E-state index is -2.18. The van der Waals surface area contributed by atoms with Crippen molar-refractivity contribution in [1.82, 2.24) is 8.97 Å². The predicted molar refractivity (Wildman–Crippen MR) is 163 cm³/mol. The Hall–Kier alpha value is -1.07. The topological polar surface area (TPSA) is 18.5 Å². The van der Waals surface area contributed by atoms with Crippen molar-refractivity contribution in [2.45, 2.75) is 64.2 Å². The van der Waals surface area contributed by atoms with E-state index in [0.717, 1.165) is 22.1 Å². The third-order valence-electron chi connectivity index (χ3n) is 6.95. The summed E-state index contributed by atoms with van der Waals surface area (Å²) in [6.45, 7) is 16.3. The summed E-state index contributed by atoms with van der Waals surface area (Å²) in [6, 6.07) is 24.0. The number of hydrogen-bond acceptors (Lipinski definition) is 2. The van der Waals surface area contributed by atoms with E-state index in [-0.39, 0.29) is 0 Å². The second-order valence-corrected chi connectivity index (χ2v) is 25.3. The van der Waals surface area contributed by atoms with Gasteiger partial charge in [0.25, 0.3) is 0 Å². The van der Waals surface area contributed by atoms with Gasteiger partial charge in [0.2, 0.25) is 0 Å². The second-order valence-electron chi connectivity index (χ2n) is 12.8. The average Bonchev–Trinajstić information content (AvgIpc) is 2.72. The summed E-state index contributed by atoms with van der Waals surface area (Å²) in [5, 5.41) is 0. The summed E-state index contributed by atoms with van der Waals surface area (Å²) in [7, 11) is 3.44. The second kappa shape index (κ2) is 12.0. The minimum absolute atomic E-state index is 0.917. The van der Waals surface area contributed by atoms with Crippen molar-refractivity contribution in [3.05, 3.63) is 60.7 Å². The third kappa shape index (κ3) is 10.4.